The van der Waals surface area contributed by atoms with Gasteiger partial charge in [-0.15, -0.1) is 11.8 Å². The third-order valence-electron chi connectivity index (χ3n) is 3.83. The molecule has 0 unspecified atom stereocenters. The number of esters is 1. The molecule has 21 heavy (non-hydrogen) atoms. The van der Waals surface area contributed by atoms with Gasteiger partial charge in [0, 0.05) is 17.2 Å². The van der Waals surface area contributed by atoms with Crippen LogP contribution in [0.4, 0.5) is 4.39 Å². The lowest BCUT2D eigenvalue weighted by Crippen LogP contribution is -2.14. The van der Waals surface area contributed by atoms with Gasteiger partial charge in [-0.1, -0.05) is 6.92 Å². The van der Waals surface area contributed by atoms with Crippen molar-refractivity contribution in [2.24, 2.45) is 5.41 Å². The van der Waals surface area contributed by atoms with Crippen LogP contribution in [0.2, 0.25) is 0 Å². The molecule has 0 heterocycles. The van der Waals surface area contributed by atoms with Gasteiger partial charge in [-0.25, -0.2) is 4.39 Å². The maximum absolute atomic E-state index is 13.4. The van der Waals surface area contributed by atoms with E-state index in [9.17, 15) is 9.18 Å². The van der Waals surface area contributed by atoms with Crippen molar-refractivity contribution in [3.8, 4) is 0 Å². The molecule has 0 spiro atoms. The molecule has 1 saturated carbocycles. The molecule has 0 aliphatic heterocycles. The van der Waals surface area contributed by atoms with Crippen molar-refractivity contribution >= 4 is 17.7 Å². The number of rotatable bonds is 8. The molecule has 1 aromatic carbocycles. The van der Waals surface area contributed by atoms with Gasteiger partial charge in [0.15, 0.2) is 0 Å². The largest absolute Gasteiger partial charge is 0.469 e. The predicted molar refractivity (Wildman–Crippen MR) is 82.8 cm³/mol. The maximum atomic E-state index is 13.4. The van der Waals surface area contributed by atoms with E-state index < -0.39 is 0 Å². The topological polar surface area (TPSA) is 38.3 Å². The molecule has 2 rings (SSSR count). The lowest BCUT2D eigenvalue weighted by Gasteiger charge is -2.15. The average molecular weight is 311 g/mol. The third-order valence-corrected chi connectivity index (χ3v) is 5.29. The van der Waals surface area contributed by atoms with E-state index in [1.54, 1.807) is 17.8 Å². The molecule has 116 valence electrons. The van der Waals surface area contributed by atoms with Gasteiger partial charge in [0.1, 0.15) is 5.82 Å². The second-order valence-corrected chi connectivity index (χ2v) is 6.59. The van der Waals surface area contributed by atoms with Gasteiger partial charge in [0.25, 0.3) is 0 Å². The Kier molecular flexibility index (Phi) is 5.65. The number of halogens is 1. The minimum Gasteiger partial charge on any atom is -0.469 e. The maximum Gasteiger partial charge on any atom is 0.306 e. The fraction of sp³-hybridized carbons (Fsp3) is 0.562. The molecule has 5 heteroatoms. The van der Waals surface area contributed by atoms with Crippen molar-refractivity contribution in [2.75, 3.05) is 19.4 Å². The molecule has 1 aromatic rings. The van der Waals surface area contributed by atoms with Gasteiger partial charge in [-0.2, -0.15) is 0 Å². The number of ether oxygens (including phenoxy) is 1. The molecular weight excluding hydrogens is 289 g/mol. The van der Waals surface area contributed by atoms with Gasteiger partial charge in [-0.3, -0.25) is 4.79 Å². The summed E-state index contributed by atoms with van der Waals surface area (Å²) in [5.41, 5.74) is 1.07. The molecule has 0 radical (unpaired) electrons. The van der Waals surface area contributed by atoms with E-state index >= 15 is 0 Å². The zero-order valence-electron chi connectivity index (χ0n) is 12.6. The Hall–Kier alpha value is -1.07. The van der Waals surface area contributed by atoms with Crippen LogP contribution in [0.1, 0.15) is 31.7 Å². The molecule has 0 atom stereocenters. The number of methoxy groups -OCH3 is 1. The van der Waals surface area contributed by atoms with Crippen LogP contribution in [0.5, 0.6) is 0 Å². The average Bonchev–Trinajstić information content (AvgIpc) is 3.23. The Bertz CT molecular complexity index is 503. The molecule has 1 N–H and O–H groups in total. The molecule has 0 aromatic heterocycles. The summed E-state index contributed by atoms with van der Waals surface area (Å²) >= 11 is 1.71. The van der Waals surface area contributed by atoms with Gasteiger partial charge >= 0.3 is 5.97 Å². The van der Waals surface area contributed by atoms with Crippen LogP contribution in [-0.4, -0.2) is 25.4 Å². The zero-order valence-corrected chi connectivity index (χ0v) is 13.4. The standard InChI is InChI=1S/C16H22FNO2S/c1-3-18-10-12-8-13(17)4-5-14(12)21-11-16(6-7-16)9-15(19)20-2/h4-5,8,18H,3,6-7,9-11H2,1-2H3. The summed E-state index contributed by atoms with van der Waals surface area (Å²) in [6, 6.07) is 4.92. The van der Waals surface area contributed by atoms with Crippen molar-refractivity contribution in [3.05, 3.63) is 29.6 Å². The fourth-order valence-electron chi connectivity index (χ4n) is 2.24. The second kappa shape index (κ2) is 7.27. The molecule has 3 nitrogen and oxygen atoms in total. The highest BCUT2D eigenvalue weighted by atomic mass is 32.2. The Morgan fingerprint density at radius 2 is 2.24 bits per heavy atom. The number of hydrogen-bond donors (Lipinski definition) is 1. The summed E-state index contributed by atoms with van der Waals surface area (Å²) < 4.78 is 18.1. The highest BCUT2D eigenvalue weighted by Crippen LogP contribution is 2.52. The van der Waals surface area contributed by atoms with Crippen LogP contribution in [-0.2, 0) is 16.1 Å². The second-order valence-electron chi connectivity index (χ2n) is 5.57. The first-order chi connectivity index (χ1) is 10.1. The lowest BCUT2D eigenvalue weighted by atomic mass is 10.1. The first-order valence-corrected chi connectivity index (χ1v) is 8.26. The summed E-state index contributed by atoms with van der Waals surface area (Å²) in [6.45, 7) is 3.55. The Labute approximate surface area is 129 Å². The van der Waals surface area contributed by atoms with Crippen LogP contribution in [0.15, 0.2) is 23.1 Å². The summed E-state index contributed by atoms with van der Waals surface area (Å²) in [6.07, 6.45) is 2.62. The zero-order chi connectivity index (χ0) is 15.3. The number of thioether (sulfide) groups is 1. The van der Waals surface area contributed by atoms with Crippen LogP contribution in [0.3, 0.4) is 0 Å². The molecule has 1 aliphatic rings. The number of carbonyl (C=O) groups excluding carboxylic acids is 1. The Morgan fingerprint density at radius 1 is 1.48 bits per heavy atom. The normalized spacial score (nSPS) is 15.8. The smallest absolute Gasteiger partial charge is 0.306 e. The minimum atomic E-state index is -0.206. The Morgan fingerprint density at radius 3 is 2.86 bits per heavy atom. The SMILES string of the molecule is CCNCc1cc(F)ccc1SCC1(CC(=O)OC)CC1. The summed E-state index contributed by atoms with van der Waals surface area (Å²) in [4.78, 5) is 12.5. The highest BCUT2D eigenvalue weighted by Gasteiger charge is 2.44. The van der Waals surface area contributed by atoms with Crippen LogP contribution >= 0.6 is 11.8 Å². The predicted octanol–water partition coefficient (Wildman–Crippen LogP) is 3.37. The van der Waals surface area contributed by atoms with Crippen molar-refractivity contribution in [1.82, 2.24) is 5.32 Å². The third kappa shape index (κ3) is 4.71. The van der Waals surface area contributed by atoms with E-state index in [1.165, 1.54) is 13.2 Å². The van der Waals surface area contributed by atoms with Crippen LogP contribution in [0, 0.1) is 11.2 Å². The molecule has 1 fully saturated rings. The molecular formula is C16H22FNO2S. The minimum absolute atomic E-state index is 0.0849. The monoisotopic (exact) mass is 311 g/mol. The Balaban J connectivity index is 1.98. The summed E-state index contributed by atoms with van der Waals surface area (Å²) in [5.74, 6) is 0.537. The summed E-state index contributed by atoms with van der Waals surface area (Å²) in [5, 5.41) is 3.23. The van der Waals surface area contributed by atoms with Gasteiger partial charge in [0.2, 0.25) is 0 Å². The van der Waals surface area contributed by atoms with Gasteiger partial charge < -0.3 is 10.1 Å². The van der Waals surface area contributed by atoms with Crippen molar-refractivity contribution < 1.29 is 13.9 Å². The van der Waals surface area contributed by atoms with Crippen molar-refractivity contribution in [1.29, 1.82) is 0 Å². The van der Waals surface area contributed by atoms with E-state index in [-0.39, 0.29) is 17.2 Å². The highest BCUT2D eigenvalue weighted by molar-refractivity contribution is 7.99. The number of nitrogens with one attached hydrogen (secondary N) is 1. The van der Waals surface area contributed by atoms with Gasteiger partial charge in [0.05, 0.1) is 13.5 Å². The van der Waals surface area contributed by atoms with Crippen LogP contribution < -0.4 is 5.32 Å². The summed E-state index contributed by atoms with van der Waals surface area (Å²) in [7, 11) is 1.43. The van der Waals surface area contributed by atoms with E-state index in [4.69, 9.17) is 4.74 Å². The fourth-order valence-corrected chi connectivity index (χ4v) is 3.58. The molecule has 1 aliphatic carbocycles. The quantitative estimate of drug-likeness (QED) is 0.590. The first kappa shape index (κ1) is 16.3. The van der Waals surface area contributed by atoms with E-state index in [0.29, 0.717) is 13.0 Å². The number of carbonyl (C=O) groups is 1. The van der Waals surface area contributed by atoms with E-state index in [1.807, 2.05) is 13.0 Å². The van der Waals surface area contributed by atoms with Crippen molar-refractivity contribution in [3.63, 3.8) is 0 Å². The lowest BCUT2D eigenvalue weighted by molar-refractivity contribution is -0.141. The number of benzene rings is 1. The van der Waals surface area contributed by atoms with E-state index in [0.717, 1.165) is 35.6 Å². The molecule has 0 saturated heterocycles. The molecule has 0 bridgehead atoms. The van der Waals surface area contributed by atoms with Gasteiger partial charge in [-0.05, 0) is 48.6 Å². The van der Waals surface area contributed by atoms with E-state index in [2.05, 4.69) is 5.32 Å². The van der Waals surface area contributed by atoms with Crippen LogP contribution in [0.25, 0.3) is 0 Å². The first-order valence-electron chi connectivity index (χ1n) is 7.27. The van der Waals surface area contributed by atoms with Crippen molar-refractivity contribution in [2.45, 2.75) is 37.6 Å². The molecule has 0 amide bonds. The number of hydrogen-bond acceptors (Lipinski definition) is 4.